The number of rotatable bonds is 7. The van der Waals surface area contributed by atoms with Gasteiger partial charge >= 0.3 is 0 Å². The van der Waals surface area contributed by atoms with Crippen LogP contribution in [-0.2, 0) is 6.54 Å². The Morgan fingerprint density at radius 3 is 2.45 bits per heavy atom. The van der Waals surface area contributed by atoms with E-state index in [2.05, 4.69) is 57.0 Å². The highest BCUT2D eigenvalue weighted by molar-refractivity contribution is 5.42. The Bertz CT molecular complexity index is 436. The summed E-state index contributed by atoms with van der Waals surface area (Å²) < 4.78 is 0. The van der Waals surface area contributed by atoms with E-state index in [-0.39, 0.29) is 0 Å². The maximum atomic E-state index is 4.84. The first kappa shape index (κ1) is 15.3. The Morgan fingerprint density at radius 1 is 1.25 bits per heavy atom. The first-order chi connectivity index (χ1) is 9.47. The van der Waals surface area contributed by atoms with E-state index < -0.39 is 0 Å². The highest BCUT2D eigenvalue weighted by atomic mass is 15.2. The Hall–Kier alpha value is -1.09. The molecule has 0 amide bonds. The lowest BCUT2D eigenvalue weighted by Crippen LogP contribution is -2.33. The second kappa shape index (κ2) is 6.57. The standard InChI is InChI=1S/C17H29N3/c1-12(2)18-10-16-8-9-17(19-14(16)5)20(13(3)4)11-15-6-7-15/h8-9,12-13,15,18H,6-7,10-11H2,1-5H3. The van der Waals surface area contributed by atoms with E-state index in [0.29, 0.717) is 12.1 Å². The van der Waals surface area contributed by atoms with Crippen LogP contribution in [0.15, 0.2) is 12.1 Å². The smallest absolute Gasteiger partial charge is 0.129 e. The summed E-state index contributed by atoms with van der Waals surface area (Å²) in [4.78, 5) is 7.29. The molecule has 3 heteroatoms. The summed E-state index contributed by atoms with van der Waals surface area (Å²) in [6.45, 7) is 13.0. The van der Waals surface area contributed by atoms with E-state index in [1.807, 2.05) is 0 Å². The molecule has 0 unspecified atom stereocenters. The van der Waals surface area contributed by atoms with Crippen molar-refractivity contribution in [3.63, 3.8) is 0 Å². The van der Waals surface area contributed by atoms with Crippen molar-refractivity contribution in [1.82, 2.24) is 10.3 Å². The van der Waals surface area contributed by atoms with Gasteiger partial charge in [0, 0.05) is 30.9 Å². The molecule has 0 atom stereocenters. The molecule has 112 valence electrons. The van der Waals surface area contributed by atoms with E-state index in [0.717, 1.165) is 30.5 Å². The van der Waals surface area contributed by atoms with Gasteiger partial charge in [0.2, 0.25) is 0 Å². The van der Waals surface area contributed by atoms with Crippen LogP contribution in [-0.4, -0.2) is 23.6 Å². The van der Waals surface area contributed by atoms with Crippen LogP contribution in [0.1, 0.15) is 51.8 Å². The van der Waals surface area contributed by atoms with E-state index in [1.54, 1.807) is 0 Å². The SMILES string of the molecule is Cc1nc(N(CC2CC2)C(C)C)ccc1CNC(C)C. The molecule has 0 spiro atoms. The lowest BCUT2D eigenvalue weighted by atomic mass is 10.1. The fourth-order valence-electron chi connectivity index (χ4n) is 2.38. The number of nitrogens with one attached hydrogen (secondary N) is 1. The summed E-state index contributed by atoms with van der Waals surface area (Å²) in [5, 5.41) is 3.46. The lowest BCUT2D eigenvalue weighted by Gasteiger charge is -2.28. The molecule has 1 aliphatic rings. The van der Waals surface area contributed by atoms with Crippen molar-refractivity contribution in [3.8, 4) is 0 Å². The van der Waals surface area contributed by atoms with Crippen LogP contribution in [0.5, 0.6) is 0 Å². The molecule has 1 aromatic heterocycles. The zero-order valence-electron chi connectivity index (χ0n) is 13.6. The number of hydrogen-bond acceptors (Lipinski definition) is 3. The molecule has 1 saturated carbocycles. The highest BCUT2D eigenvalue weighted by Gasteiger charge is 2.26. The third-order valence-corrected chi connectivity index (χ3v) is 3.95. The van der Waals surface area contributed by atoms with Gasteiger partial charge in [0.25, 0.3) is 0 Å². The van der Waals surface area contributed by atoms with Crippen molar-refractivity contribution < 1.29 is 0 Å². The van der Waals surface area contributed by atoms with Crippen LogP contribution in [0.25, 0.3) is 0 Å². The molecule has 1 aliphatic carbocycles. The molecule has 0 aliphatic heterocycles. The molecule has 1 aromatic rings. The molecule has 0 radical (unpaired) electrons. The molecule has 0 aromatic carbocycles. The van der Waals surface area contributed by atoms with Gasteiger partial charge < -0.3 is 10.2 Å². The predicted octanol–water partition coefficient (Wildman–Crippen LogP) is 3.51. The van der Waals surface area contributed by atoms with Crippen molar-refractivity contribution in [1.29, 1.82) is 0 Å². The highest BCUT2D eigenvalue weighted by Crippen LogP contribution is 2.32. The van der Waals surface area contributed by atoms with Gasteiger partial charge in [-0.05, 0) is 51.2 Å². The summed E-state index contributed by atoms with van der Waals surface area (Å²) in [7, 11) is 0. The number of hydrogen-bond donors (Lipinski definition) is 1. The van der Waals surface area contributed by atoms with Crippen molar-refractivity contribution in [3.05, 3.63) is 23.4 Å². The minimum Gasteiger partial charge on any atom is -0.354 e. The zero-order chi connectivity index (χ0) is 14.7. The molecule has 20 heavy (non-hydrogen) atoms. The minimum atomic E-state index is 0.510. The summed E-state index contributed by atoms with van der Waals surface area (Å²) in [6, 6.07) is 5.44. The topological polar surface area (TPSA) is 28.2 Å². The number of anilines is 1. The summed E-state index contributed by atoms with van der Waals surface area (Å²) in [6.07, 6.45) is 2.77. The van der Waals surface area contributed by atoms with Gasteiger partial charge in [0.15, 0.2) is 0 Å². The van der Waals surface area contributed by atoms with Crippen LogP contribution in [0.3, 0.4) is 0 Å². The van der Waals surface area contributed by atoms with Crippen LogP contribution >= 0.6 is 0 Å². The molecule has 1 fully saturated rings. The van der Waals surface area contributed by atoms with E-state index in [9.17, 15) is 0 Å². The van der Waals surface area contributed by atoms with Crippen molar-refractivity contribution in [2.45, 2.75) is 66.1 Å². The number of aromatic nitrogens is 1. The quantitative estimate of drug-likeness (QED) is 0.825. The Morgan fingerprint density at radius 2 is 1.95 bits per heavy atom. The number of nitrogens with zero attached hydrogens (tertiary/aromatic N) is 2. The maximum absolute atomic E-state index is 4.84. The van der Waals surface area contributed by atoms with Gasteiger partial charge in [-0.2, -0.15) is 0 Å². The van der Waals surface area contributed by atoms with Gasteiger partial charge in [-0.1, -0.05) is 19.9 Å². The van der Waals surface area contributed by atoms with Crippen molar-refractivity contribution in [2.24, 2.45) is 5.92 Å². The van der Waals surface area contributed by atoms with Crippen LogP contribution in [0, 0.1) is 12.8 Å². The molecule has 0 saturated heterocycles. The second-order valence-electron chi connectivity index (χ2n) is 6.64. The maximum Gasteiger partial charge on any atom is 0.129 e. The predicted molar refractivity (Wildman–Crippen MR) is 86.2 cm³/mol. The summed E-state index contributed by atoms with van der Waals surface area (Å²) in [5.74, 6) is 2.03. The first-order valence-corrected chi connectivity index (χ1v) is 7.94. The Balaban J connectivity index is 2.09. The summed E-state index contributed by atoms with van der Waals surface area (Å²) in [5.41, 5.74) is 2.45. The minimum absolute atomic E-state index is 0.510. The van der Waals surface area contributed by atoms with Gasteiger partial charge in [-0.15, -0.1) is 0 Å². The lowest BCUT2D eigenvalue weighted by molar-refractivity contribution is 0.585. The van der Waals surface area contributed by atoms with E-state index in [1.165, 1.54) is 18.4 Å². The largest absolute Gasteiger partial charge is 0.354 e. The van der Waals surface area contributed by atoms with Crippen molar-refractivity contribution >= 4 is 5.82 Å². The number of pyridine rings is 1. The Kier molecular flexibility index (Phi) is 5.03. The average molecular weight is 275 g/mol. The van der Waals surface area contributed by atoms with Crippen LogP contribution < -0.4 is 10.2 Å². The zero-order valence-corrected chi connectivity index (χ0v) is 13.6. The van der Waals surface area contributed by atoms with Crippen LogP contribution in [0.4, 0.5) is 5.82 Å². The molecule has 1 N–H and O–H groups in total. The normalized spacial score (nSPS) is 15.2. The average Bonchev–Trinajstić information content (AvgIpc) is 3.17. The molecule has 1 heterocycles. The van der Waals surface area contributed by atoms with Gasteiger partial charge in [0.05, 0.1) is 0 Å². The molecule has 0 bridgehead atoms. The van der Waals surface area contributed by atoms with Crippen LogP contribution in [0.2, 0.25) is 0 Å². The summed E-state index contributed by atoms with van der Waals surface area (Å²) >= 11 is 0. The Labute approximate surface area is 123 Å². The fraction of sp³-hybridized carbons (Fsp3) is 0.706. The van der Waals surface area contributed by atoms with Gasteiger partial charge in [-0.3, -0.25) is 0 Å². The first-order valence-electron chi connectivity index (χ1n) is 7.94. The fourth-order valence-corrected chi connectivity index (χ4v) is 2.38. The van der Waals surface area contributed by atoms with Gasteiger partial charge in [0.1, 0.15) is 5.82 Å². The van der Waals surface area contributed by atoms with E-state index in [4.69, 9.17) is 4.98 Å². The van der Waals surface area contributed by atoms with Gasteiger partial charge in [-0.25, -0.2) is 4.98 Å². The van der Waals surface area contributed by atoms with Crippen molar-refractivity contribution in [2.75, 3.05) is 11.4 Å². The second-order valence-corrected chi connectivity index (χ2v) is 6.64. The third kappa shape index (κ3) is 4.20. The van der Waals surface area contributed by atoms with E-state index >= 15 is 0 Å². The molecule has 3 nitrogen and oxygen atoms in total. The molecular weight excluding hydrogens is 246 g/mol. The number of aryl methyl sites for hydroxylation is 1. The molecular formula is C17H29N3. The monoisotopic (exact) mass is 275 g/mol. The third-order valence-electron chi connectivity index (χ3n) is 3.95. The molecule has 2 rings (SSSR count).